The van der Waals surface area contributed by atoms with Gasteiger partial charge in [0, 0.05) is 19.3 Å². The zero-order valence-electron chi connectivity index (χ0n) is 29.7. The molecule has 0 rings (SSSR count). The van der Waals surface area contributed by atoms with Crippen LogP contribution in [0.15, 0.2) is 48.6 Å². The molecule has 0 fully saturated rings. The van der Waals surface area contributed by atoms with Gasteiger partial charge in [0.25, 0.3) is 0 Å². The van der Waals surface area contributed by atoms with E-state index in [4.69, 9.17) is 9.47 Å². The maximum absolute atomic E-state index is 12.1. The second kappa shape index (κ2) is 33.9. The first kappa shape index (κ1) is 43.5. The van der Waals surface area contributed by atoms with Gasteiger partial charge < -0.3 is 14.6 Å². The molecule has 0 spiro atoms. The van der Waals surface area contributed by atoms with Crippen LogP contribution < -0.4 is 0 Å². The summed E-state index contributed by atoms with van der Waals surface area (Å²) < 4.78 is 10.4. The molecule has 0 heterocycles. The summed E-state index contributed by atoms with van der Waals surface area (Å²) in [6.45, 7) is 6.24. The number of rotatable bonds is 32. The van der Waals surface area contributed by atoms with Crippen LogP contribution in [0.5, 0.6) is 0 Å². The van der Waals surface area contributed by atoms with E-state index < -0.39 is 18.7 Å². The Morgan fingerprint density at radius 1 is 0.652 bits per heavy atom. The monoisotopic (exact) mass is 645 g/mol. The molecule has 6 heteroatoms. The Kier molecular flexibility index (Phi) is 32.1. The fourth-order valence-corrected chi connectivity index (χ4v) is 4.89. The number of ketones is 1. The fourth-order valence-electron chi connectivity index (χ4n) is 4.89. The van der Waals surface area contributed by atoms with Crippen molar-refractivity contribution in [3.63, 3.8) is 0 Å². The first-order valence-electron chi connectivity index (χ1n) is 18.5. The Labute approximate surface area is 282 Å². The average molecular weight is 645 g/mol. The molecule has 1 N–H and O–H groups in total. The molecule has 0 aromatic heterocycles. The minimum absolute atomic E-state index is 0.0498. The number of carbonyl (C=O) groups excluding carboxylic acids is 3. The summed E-state index contributed by atoms with van der Waals surface area (Å²) in [6, 6.07) is 0. The Bertz CT molecular complexity index is 856. The van der Waals surface area contributed by atoms with Crippen LogP contribution in [0.4, 0.5) is 0 Å². The minimum atomic E-state index is -0.861. The topological polar surface area (TPSA) is 89.9 Å². The number of esters is 2. The van der Waals surface area contributed by atoms with Gasteiger partial charge in [0.05, 0.1) is 6.61 Å². The second-order valence-corrected chi connectivity index (χ2v) is 12.6. The normalized spacial score (nSPS) is 13.3. The van der Waals surface area contributed by atoms with Crippen LogP contribution in [0.3, 0.4) is 0 Å². The fraction of sp³-hybridized carbons (Fsp3) is 0.725. The van der Waals surface area contributed by atoms with E-state index in [-0.39, 0.29) is 31.2 Å². The van der Waals surface area contributed by atoms with Crippen molar-refractivity contribution in [3.8, 4) is 0 Å². The van der Waals surface area contributed by atoms with Crippen molar-refractivity contribution in [2.24, 2.45) is 5.92 Å². The third-order valence-corrected chi connectivity index (χ3v) is 8.14. The molecule has 0 radical (unpaired) electrons. The summed E-state index contributed by atoms with van der Waals surface area (Å²) in [5.74, 6) is -0.0349. The van der Waals surface area contributed by atoms with Gasteiger partial charge in [0.1, 0.15) is 6.61 Å². The number of carbonyl (C=O) groups is 3. The lowest BCUT2D eigenvalue weighted by Gasteiger charge is -2.15. The van der Waals surface area contributed by atoms with E-state index >= 15 is 0 Å². The molecule has 46 heavy (non-hydrogen) atoms. The van der Waals surface area contributed by atoms with Crippen molar-refractivity contribution < 1.29 is 29.0 Å². The third-order valence-electron chi connectivity index (χ3n) is 8.14. The predicted octanol–water partition coefficient (Wildman–Crippen LogP) is 10.5. The van der Waals surface area contributed by atoms with Crippen LogP contribution in [0.2, 0.25) is 0 Å². The lowest BCUT2D eigenvalue weighted by Crippen LogP contribution is -2.28. The molecule has 0 amide bonds. The molecule has 0 bridgehead atoms. The highest BCUT2D eigenvalue weighted by molar-refractivity contribution is 5.90. The van der Waals surface area contributed by atoms with Gasteiger partial charge in [-0.05, 0) is 50.5 Å². The quantitative estimate of drug-likeness (QED) is 0.0258. The Balaban J connectivity index is 3.80. The second-order valence-electron chi connectivity index (χ2n) is 12.6. The highest BCUT2D eigenvalue weighted by Gasteiger charge is 2.16. The zero-order valence-corrected chi connectivity index (χ0v) is 29.7. The molecule has 6 nitrogen and oxygen atoms in total. The van der Waals surface area contributed by atoms with Gasteiger partial charge in [0.15, 0.2) is 11.9 Å². The SMILES string of the molecule is CCCCC/C=C\C/C=C\C/C=C\C=C\C(=O)CCCC(=O)OC[C@H](CO)OC(=O)CCCCCCCCCCCCC(C)CC. The van der Waals surface area contributed by atoms with Crippen LogP contribution in [0.25, 0.3) is 0 Å². The third kappa shape index (κ3) is 31.5. The lowest BCUT2D eigenvalue weighted by molar-refractivity contribution is -0.161. The van der Waals surface area contributed by atoms with Crippen molar-refractivity contribution in [2.75, 3.05) is 13.2 Å². The van der Waals surface area contributed by atoms with Crippen molar-refractivity contribution in [3.05, 3.63) is 48.6 Å². The lowest BCUT2D eigenvalue weighted by atomic mass is 9.99. The van der Waals surface area contributed by atoms with E-state index in [9.17, 15) is 19.5 Å². The van der Waals surface area contributed by atoms with Gasteiger partial charge in [-0.2, -0.15) is 0 Å². The molecular formula is C40H68O6. The Hall–Kier alpha value is -2.47. The first-order valence-corrected chi connectivity index (χ1v) is 18.5. The molecule has 1 unspecified atom stereocenters. The van der Waals surface area contributed by atoms with E-state index in [1.54, 1.807) is 6.08 Å². The van der Waals surface area contributed by atoms with Crippen molar-refractivity contribution in [1.29, 1.82) is 0 Å². The van der Waals surface area contributed by atoms with E-state index in [1.165, 1.54) is 83.1 Å². The molecule has 0 aliphatic heterocycles. The number of hydrogen-bond donors (Lipinski definition) is 1. The number of aliphatic hydroxyl groups is 1. The minimum Gasteiger partial charge on any atom is -0.462 e. The summed E-state index contributed by atoms with van der Waals surface area (Å²) >= 11 is 0. The molecule has 0 saturated heterocycles. The number of ether oxygens (including phenoxy) is 2. The standard InChI is InChI=1S/C40H68O6/c1-4-6-7-8-9-10-11-12-13-17-20-23-26-30-37(42)31-28-33-39(43)45-35-38(34-41)46-40(44)32-27-24-21-18-15-14-16-19-22-25-29-36(3)5-2/h9-10,12-13,20,23,26,30,36,38,41H,4-8,11,14-19,21-22,24-25,27-29,31-35H2,1-3H3/b10-9-,13-12-,23-20-,30-26+/t36?,38-/m0/s1. The molecule has 2 atom stereocenters. The number of unbranched alkanes of at least 4 members (excludes halogenated alkanes) is 12. The number of aliphatic hydroxyl groups excluding tert-OH is 1. The summed E-state index contributed by atoms with van der Waals surface area (Å²) in [6.07, 6.45) is 37.3. The summed E-state index contributed by atoms with van der Waals surface area (Å²) in [5.41, 5.74) is 0. The maximum Gasteiger partial charge on any atom is 0.306 e. The largest absolute Gasteiger partial charge is 0.462 e. The molecule has 0 saturated carbocycles. The van der Waals surface area contributed by atoms with Gasteiger partial charge in [-0.1, -0.05) is 147 Å². The average Bonchev–Trinajstić information content (AvgIpc) is 3.05. The number of hydrogen-bond acceptors (Lipinski definition) is 6. The zero-order chi connectivity index (χ0) is 33.9. The molecular weight excluding hydrogens is 576 g/mol. The molecule has 0 aliphatic rings. The van der Waals surface area contributed by atoms with Crippen molar-refractivity contribution in [1.82, 2.24) is 0 Å². The Morgan fingerprint density at radius 3 is 1.91 bits per heavy atom. The van der Waals surface area contributed by atoms with Crippen LogP contribution >= 0.6 is 0 Å². The highest BCUT2D eigenvalue weighted by Crippen LogP contribution is 2.15. The summed E-state index contributed by atoms with van der Waals surface area (Å²) in [7, 11) is 0. The van der Waals surface area contributed by atoms with Gasteiger partial charge in [-0.25, -0.2) is 0 Å². The van der Waals surface area contributed by atoms with Gasteiger partial charge in [0.2, 0.25) is 0 Å². The highest BCUT2D eigenvalue weighted by atomic mass is 16.6. The maximum atomic E-state index is 12.1. The first-order chi connectivity index (χ1) is 22.4. The summed E-state index contributed by atoms with van der Waals surface area (Å²) in [5, 5.41) is 9.52. The van der Waals surface area contributed by atoms with Crippen molar-refractivity contribution >= 4 is 17.7 Å². The van der Waals surface area contributed by atoms with E-state index in [2.05, 4.69) is 45.1 Å². The van der Waals surface area contributed by atoms with Crippen molar-refractivity contribution in [2.45, 2.75) is 168 Å². The van der Waals surface area contributed by atoms with Gasteiger partial charge in [-0.3, -0.25) is 14.4 Å². The Morgan fingerprint density at radius 2 is 1.26 bits per heavy atom. The van der Waals surface area contributed by atoms with E-state index in [0.29, 0.717) is 12.8 Å². The van der Waals surface area contributed by atoms with Crippen LogP contribution in [-0.4, -0.2) is 42.1 Å². The van der Waals surface area contributed by atoms with Gasteiger partial charge in [-0.15, -0.1) is 0 Å². The van der Waals surface area contributed by atoms with E-state index in [0.717, 1.165) is 44.4 Å². The van der Waals surface area contributed by atoms with Crippen LogP contribution in [-0.2, 0) is 23.9 Å². The number of allylic oxidation sites excluding steroid dienone is 8. The molecule has 0 aromatic carbocycles. The van der Waals surface area contributed by atoms with Gasteiger partial charge >= 0.3 is 11.9 Å². The molecule has 0 aromatic rings. The van der Waals surface area contributed by atoms with Crippen LogP contribution in [0, 0.1) is 5.92 Å². The predicted molar refractivity (Wildman–Crippen MR) is 192 cm³/mol. The summed E-state index contributed by atoms with van der Waals surface area (Å²) in [4.78, 5) is 36.2. The van der Waals surface area contributed by atoms with Crippen LogP contribution in [0.1, 0.15) is 162 Å². The molecule has 0 aliphatic carbocycles. The molecule has 264 valence electrons. The van der Waals surface area contributed by atoms with E-state index in [1.807, 2.05) is 12.2 Å². The smallest absolute Gasteiger partial charge is 0.306 e.